The number of amides is 1. The number of pyridine rings is 1. The van der Waals surface area contributed by atoms with Gasteiger partial charge >= 0.3 is 6.18 Å². The van der Waals surface area contributed by atoms with E-state index >= 15 is 0 Å². The van der Waals surface area contributed by atoms with E-state index in [9.17, 15) is 35.2 Å². The van der Waals surface area contributed by atoms with Gasteiger partial charge in [0.15, 0.2) is 0 Å². The average Bonchev–Trinajstić information content (AvgIpc) is 3.26. The van der Waals surface area contributed by atoms with Gasteiger partial charge in [-0.3, -0.25) is 19.8 Å². The van der Waals surface area contributed by atoms with Crippen molar-refractivity contribution in [2.24, 2.45) is 9.98 Å². The maximum atomic E-state index is 14.6. The van der Waals surface area contributed by atoms with Crippen molar-refractivity contribution in [1.29, 1.82) is 0 Å². The Bertz CT molecular complexity index is 1310. The van der Waals surface area contributed by atoms with E-state index in [2.05, 4.69) is 27.0 Å². The first-order chi connectivity index (χ1) is 17.4. The van der Waals surface area contributed by atoms with Crippen LogP contribution in [0, 0.1) is 5.82 Å². The molecule has 1 aromatic heterocycles. The Labute approximate surface area is 209 Å². The van der Waals surface area contributed by atoms with Crippen LogP contribution in [0.3, 0.4) is 0 Å². The number of halogens is 5. The van der Waals surface area contributed by atoms with Crippen LogP contribution in [0.5, 0.6) is 0 Å². The lowest BCUT2D eigenvalue weighted by atomic mass is 10.1. The molecular weight excluding hydrogens is 521 g/mol. The van der Waals surface area contributed by atoms with Crippen LogP contribution in [0.1, 0.15) is 17.7 Å². The van der Waals surface area contributed by atoms with Gasteiger partial charge in [0, 0.05) is 25.4 Å². The molecule has 14 heteroatoms. The maximum Gasteiger partial charge on any atom is 0.433 e. The standard InChI is InChI=1S/C23H22F5N5O3S/c1-29-16(11-19(30-2)14-3-8-20(31-12-14)23(26,27)28)13-32-22(34)21-18(25)9-10-33(21)37(35,36)17-6-4-15(24)5-7-17/h3-8,11-12,18,21H,1,9-10,13H2,2H3,(H,32,34)/b16-11-,30-19+/t18-,21-/m0/s1. The molecule has 0 radical (unpaired) electrons. The Morgan fingerprint density at radius 3 is 2.46 bits per heavy atom. The van der Waals surface area contributed by atoms with E-state index in [1.165, 1.54) is 19.2 Å². The molecule has 0 spiro atoms. The monoisotopic (exact) mass is 543 g/mol. The highest BCUT2D eigenvalue weighted by molar-refractivity contribution is 7.89. The van der Waals surface area contributed by atoms with E-state index in [4.69, 9.17) is 0 Å². The third kappa shape index (κ3) is 6.43. The topological polar surface area (TPSA) is 104 Å². The number of carbonyl (C=O) groups is 1. The van der Waals surface area contributed by atoms with Gasteiger partial charge < -0.3 is 5.32 Å². The van der Waals surface area contributed by atoms with Crippen molar-refractivity contribution < 1.29 is 35.2 Å². The van der Waals surface area contributed by atoms with Gasteiger partial charge in [-0.05, 0) is 55.6 Å². The zero-order chi connectivity index (χ0) is 27.4. The number of benzene rings is 1. The minimum atomic E-state index is -4.61. The summed E-state index contributed by atoms with van der Waals surface area (Å²) in [6.45, 7) is 2.82. The Balaban J connectivity index is 1.75. The lowest BCUT2D eigenvalue weighted by Gasteiger charge is -2.24. The Kier molecular flexibility index (Phi) is 8.53. The van der Waals surface area contributed by atoms with Crippen LogP contribution >= 0.6 is 0 Å². The first-order valence-electron chi connectivity index (χ1n) is 10.8. The largest absolute Gasteiger partial charge is 0.433 e. The molecule has 1 aliphatic heterocycles. The van der Waals surface area contributed by atoms with Crippen molar-refractivity contribution in [1.82, 2.24) is 14.6 Å². The number of aromatic nitrogens is 1. The van der Waals surface area contributed by atoms with E-state index in [-0.39, 0.29) is 41.4 Å². The Morgan fingerprint density at radius 1 is 1.24 bits per heavy atom. The van der Waals surface area contributed by atoms with Crippen molar-refractivity contribution in [3.05, 3.63) is 71.4 Å². The summed E-state index contributed by atoms with van der Waals surface area (Å²) in [6, 6.07) is 4.21. The number of nitrogens with zero attached hydrogens (tertiary/aromatic N) is 4. The number of nitrogens with one attached hydrogen (secondary N) is 1. The van der Waals surface area contributed by atoms with Gasteiger partial charge in [0.2, 0.25) is 15.9 Å². The third-order valence-electron chi connectivity index (χ3n) is 5.51. The number of allylic oxidation sites excluding steroid dienone is 1. The van der Waals surface area contributed by atoms with Gasteiger partial charge in [0.25, 0.3) is 0 Å². The molecule has 1 saturated heterocycles. The number of sulfonamides is 1. The highest BCUT2D eigenvalue weighted by atomic mass is 32.2. The molecule has 1 fully saturated rings. The van der Waals surface area contributed by atoms with E-state index in [1.54, 1.807) is 0 Å². The van der Waals surface area contributed by atoms with E-state index < -0.39 is 45.8 Å². The Morgan fingerprint density at radius 2 is 1.92 bits per heavy atom. The van der Waals surface area contributed by atoms with Gasteiger partial charge in [-0.2, -0.15) is 17.5 Å². The SMILES string of the molecule is C=N/C(=C\C(=N/C)c1ccc(C(F)(F)F)nc1)CNC(=O)[C@@H]1[C@@H](F)CCN1S(=O)(=O)c1ccc(F)cc1. The van der Waals surface area contributed by atoms with Crippen molar-refractivity contribution in [3.8, 4) is 0 Å². The van der Waals surface area contributed by atoms with Crippen LogP contribution in [-0.2, 0) is 21.0 Å². The van der Waals surface area contributed by atoms with Crippen LogP contribution in [-0.4, -0.2) is 68.4 Å². The predicted molar refractivity (Wildman–Crippen MR) is 126 cm³/mol. The van der Waals surface area contributed by atoms with Gasteiger partial charge in [-0.15, -0.1) is 0 Å². The summed E-state index contributed by atoms with van der Waals surface area (Å²) in [5, 5.41) is 2.41. The summed E-state index contributed by atoms with van der Waals surface area (Å²) in [6.07, 6.45) is -4.29. The molecule has 2 atom stereocenters. The van der Waals surface area contributed by atoms with E-state index in [0.29, 0.717) is 0 Å². The lowest BCUT2D eigenvalue weighted by Crippen LogP contribution is -2.49. The highest BCUT2D eigenvalue weighted by Gasteiger charge is 2.46. The fourth-order valence-electron chi connectivity index (χ4n) is 3.62. The molecule has 2 heterocycles. The molecule has 198 valence electrons. The summed E-state index contributed by atoms with van der Waals surface area (Å²) < 4.78 is 92.7. The molecule has 0 aliphatic carbocycles. The molecule has 3 rings (SSSR count). The summed E-state index contributed by atoms with van der Waals surface area (Å²) in [4.78, 5) is 23.6. The molecule has 0 bridgehead atoms. The predicted octanol–water partition coefficient (Wildman–Crippen LogP) is 3.16. The molecule has 1 N–H and O–H groups in total. The van der Waals surface area contributed by atoms with Crippen LogP contribution in [0.15, 0.2) is 69.2 Å². The second-order valence-corrected chi connectivity index (χ2v) is 9.76. The van der Waals surface area contributed by atoms with Gasteiger partial charge in [-0.1, -0.05) is 0 Å². The Hall–Kier alpha value is -3.52. The number of aliphatic imine (C=N–C) groups is 2. The molecule has 0 unspecified atom stereocenters. The second kappa shape index (κ2) is 11.3. The van der Waals surface area contributed by atoms with Crippen LogP contribution in [0.25, 0.3) is 0 Å². The number of alkyl halides is 4. The van der Waals surface area contributed by atoms with Crippen molar-refractivity contribution in [2.45, 2.75) is 29.7 Å². The third-order valence-corrected chi connectivity index (χ3v) is 7.40. The molecule has 1 aromatic carbocycles. The minimum Gasteiger partial charge on any atom is -0.349 e. The van der Waals surface area contributed by atoms with Gasteiger partial charge in [0.1, 0.15) is 23.7 Å². The number of hydrogen-bond donors (Lipinski definition) is 1. The van der Waals surface area contributed by atoms with Crippen molar-refractivity contribution in [3.63, 3.8) is 0 Å². The zero-order valence-corrected chi connectivity index (χ0v) is 20.2. The van der Waals surface area contributed by atoms with Crippen LogP contribution in [0.2, 0.25) is 0 Å². The molecule has 2 aromatic rings. The van der Waals surface area contributed by atoms with Crippen molar-refractivity contribution in [2.75, 3.05) is 20.1 Å². The number of hydrogen-bond acceptors (Lipinski definition) is 6. The summed E-state index contributed by atoms with van der Waals surface area (Å²) >= 11 is 0. The summed E-state index contributed by atoms with van der Waals surface area (Å²) in [5.41, 5.74) is -0.542. The van der Waals surface area contributed by atoms with E-state index in [0.717, 1.165) is 40.8 Å². The van der Waals surface area contributed by atoms with Crippen LogP contribution < -0.4 is 5.32 Å². The lowest BCUT2D eigenvalue weighted by molar-refractivity contribution is -0.141. The number of rotatable bonds is 8. The first-order valence-corrected chi connectivity index (χ1v) is 12.2. The molecule has 1 amide bonds. The quantitative estimate of drug-likeness (QED) is 0.408. The molecule has 37 heavy (non-hydrogen) atoms. The van der Waals surface area contributed by atoms with Gasteiger partial charge in [-0.25, -0.2) is 17.2 Å². The second-order valence-electron chi connectivity index (χ2n) is 7.87. The fourth-order valence-corrected chi connectivity index (χ4v) is 5.24. The van der Waals surface area contributed by atoms with Gasteiger partial charge in [0.05, 0.1) is 22.8 Å². The molecule has 8 nitrogen and oxygen atoms in total. The zero-order valence-electron chi connectivity index (χ0n) is 19.4. The maximum absolute atomic E-state index is 14.6. The average molecular weight is 544 g/mol. The van der Waals surface area contributed by atoms with E-state index in [1.807, 2.05) is 0 Å². The molecular formula is C23H22F5N5O3S. The minimum absolute atomic E-state index is 0.121. The molecule has 0 saturated carbocycles. The number of carbonyl (C=O) groups excluding carboxylic acids is 1. The van der Waals surface area contributed by atoms with Crippen LogP contribution in [0.4, 0.5) is 22.0 Å². The smallest absolute Gasteiger partial charge is 0.349 e. The summed E-state index contributed by atoms with van der Waals surface area (Å²) in [5.74, 6) is -1.59. The summed E-state index contributed by atoms with van der Waals surface area (Å²) in [7, 11) is -2.91. The first kappa shape index (κ1) is 28.1. The highest BCUT2D eigenvalue weighted by Crippen LogP contribution is 2.29. The fraction of sp³-hybridized carbons (Fsp3) is 0.304. The molecule has 1 aliphatic rings. The van der Waals surface area contributed by atoms with Crippen molar-refractivity contribution >= 4 is 28.4 Å². The normalized spacial score (nSPS) is 19.6.